The van der Waals surface area contributed by atoms with E-state index in [1.54, 1.807) is 29.2 Å². The highest BCUT2D eigenvalue weighted by atomic mass is 16.5. The standard InChI is InChI=1S/C32H37N3O5/c1-3-39-23-15-13-22(14-16-23)33-29(36)26-25-17-18-32(40-25)27(26)31(38)35(19-21-10-5-4-6-11-21)28(32)30(37)34-24-12-8-7-9-20(24)2/h4-6,10-11,13-18,20,24-28H,3,7-9,12,19H2,1-2H3,(H,33,36)(H,34,37)/t20-,24-,25+,26-,27+,28+,32+/m1/s1. The number of benzene rings is 2. The summed E-state index contributed by atoms with van der Waals surface area (Å²) < 4.78 is 12.0. The van der Waals surface area contributed by atoms with Gasteiger partial charge in [-0.25, -0.2) is 0 Å². The van der Waals surface area contributed by atoms with Crippen LogP contribution in [-0.2, 0) is 25.7 Å². The second-order valence-corrected chi connectivity index (χ2v) is 11.5. The number of carbonyl (C=O) groups excluding carboxylic acids is 3. The Balaban J connectivity index is 1.29. The zero-order chi connectivity index (χ0) is 27.9. The molecule has 210 valence electrons. The highest BCUT2D eigenvalue weighted by Crippen LogP contribution is 2.55. The first-order valence-electron chi connectivity index (χ1n) is 14.5. The number of nitrogens with zero attached hydrogens (tertiary/aromatic N) is 1. The molecular weight excluding hydrogens is 506 g/mol. The zero-order valence-corrected chi connectivity index (χ0v) is 23.0. The van der Waals surface area contributed by atoms with E-state index in [-0.39, 0.29) is 30.3 Å². The molecule has 0 radical (unpaired) electrons. The van der Waals surface area contributed by atoms with E-state index >= 15 is 0 Å². The fourth-order valence-electron chi connectivity index (χ4n) is 7.04. The minimum Gasteiger partial charge on any atom is -0.494 e. The zero-order valence-electron chi connectivity index (χ0n) is 23.0. The van der Waals surface area contributed by atoms with Crippen molar-refractivity contribution in [2.45, 2.75) is 69.9 Å². The second kappa shape index (κ2) is 10.7. The predicted molar refractivity (Wildman–Crippen MR) is 150 cm³/mol. The highest BCUT2D eigenvalue weighted by Gasteiger charge is 2.72. The maximum absolute atomic E-state index is 14.2. The summed E-state index contributed by atoms with van der Waals surface area (Å²) in [6.45, 7) is 4.91. The minimum absolute atomic E-state index is 0.0618. The number of likely N-dealkylation sites (tertiary alicyclic amines) is 1. The normalized spacial score (nSPS) is 32.1. The summed E-state index contributed by atoms with van der Waals surface area (Å²) in [5.41, 5.74) is 0.352. The summed E-state index contributed by atoms with van der Waals surface area (Å²) in [7, 11) is 0. The molecule has 1 aliphatic carbocycles. The van der Waals surface area contributed by atoms with Gasteiger partial charge in [-0.05, 0) is 55.5 Å². The third-order valence-electron chi connectivity index (χ3n) is 8.99. The Morgan fingerprint density at radius 1 is 1.05 bits per heavy atom. The summed E-state index contributed by atoms with van der Waals surface area (Å²) in [5, 5.41) is 6.25. The lowest BCUT2D eigenvalue weighted by Gasteiger charge is -2.36. The van der Waals surface area contributed by atoms with Crippen LogP contribution in [0.3, 0.4) is 0 Å². The first-order valence-corrected chi connectivity index (χ1v) is 14.5. The van der Waals surface area contributed by atoms with E-state index in [4.69, 9.17) is 9.47 Å². The van der Waals surface area contributed by atoms with Gasteiger partial charge in [-0.15, -0.1) is 0 Å². The van der Waals surface area contributed by atoms with Crippen LogP contribution in [0, 0.1) is 17.8 Å². The van der Waals surface area contributed by atoms with Crippen molar-refractivity contribution >= 4 is 23.4 Å². The first-order chi connectivity index (χ1) is 19.4. The Labute approximate surface area is 235 Å². The molecule has 1 spiro atoms. The number of carbonyl (C=O) groups is 3. The summed E-state index contributed by atoms with van der Waals surface area (Å²) in [5.74, 6) is -1.16. The Morgan fingerprint density at radius 2 is 1.80 bits per heavy atom. The van der Waals surface area contributed by atoms with Crippen molar-refractivity contribution in [1.82, 2.24) is 10.2 Å². The summed E-state index contributed by atoms with van der Waals surface area (Å²) in [4.78, 5) is 43.5. The number of amides is 3. The van der Waals surface area contributed by atoms with Crippen molar-refractivity contribution in [3.63, 3.8) is 0 Å². The van der Waals surface area contributed by atoms with Gasteiger partial charge >= 0.3 is 0 Å². The first kappa shape index (κ1) is 26.6. The molecule has 6 rings (SSSR count). The Hall–Kier alpha value is -3.65. The van der Waals surface area contributed by atoms with Crippen LogP contribution >= 0.6 is 0 Å². The second-order valence-electron chi connectivity index (χ2n) is 11.5. The Bertz CT molecular complexity index is 1300. The molecule has 8 heteroatoms. The fourth-order valence-corrected chi connectivity index (χ4v) is 7.04. The van der Waals surface area contributed by atoms with Crippen LogP contribution in [0.2, 0.25) is 0 Å². The van der Waals surface area contributed by atoms with Gasteiger partial charge in [0.1, 0.15) is 17.4 Å². The maximum atomic E-state index is 14.2. The van der Waals surface area contributed by atoms with Crippen LogP contribution in [0.25, 0.3) is 0 Å². The third kappa shape index (κ3) is 4.58. The molecule has 3 amide bonds. The molecule has 1 saturated carbocycles. The number of ether oxygens (including phenoxy) is 2. The lowest BCUT2D eigenvalue weighted by Crippen LogP contribution is -2.57. The minimum atomic E-state index is -1.18. The van der Waals surface area contributed by atoms with Gasteiger partial charge in [0.2, 0.25) is 17.7 Å². The molecule has 3 heterocycles. The molecule has 4 aliphatic rings. The number of nitrogens with one attached hydrogen (secondary N) is 2. The molecule has 8 nitrogen and oxygen atoms in total. The van der Waals surface area contributed by atoms with E-state index < -0.39 is 29.6 Å². The number of fused-ring (bicyclic) bond motifs is 1. The Morgan fingerprint density at radius 3 is 2.52 bits per heavy atom. The van der Waals surface area contributed by atoms with Gasteiger partial charge in [0.05, 0.1) is 24.5 Å². The summed E-state index contributed by atoms with van der Waals surface area (Å²) in [6.07, 6.45) is 7.38. The number of anilines is 1. The number of rotatable bonds is 8. The summed E-state index contributed by atoms with van der Waals surface area (Å²) in [6, 6.07) is 16.0. The highest BCUT2D eigenvalue weighted by molar-refractivity contribution is 6.02. The van der Waals surface area contributed by atoms with Crippen LogP contribution in [0.4, 0.5) is 5.69 Å². The number of hydrogen-bond acceptors (Lipinski definition) is 5. The van der Waals surface area contributed by atoms with Crippen molar-refractivity contribution in [1.29, 1.82) is 0 Å². The topological polar surface area (TPSA) is 97.0 Å². The molecular formula is C32H37N3O5. The van der Waals surface area contributed by atoms with E-state index in [0.29, 0.717) is 24.0 Å². The molecule has 7 atom stereocenters. The third-order valence-corrected chi connectivity index (χ3v) is 8.99. The molecule has 2 N–H and O–H groups in total. The van der Waals surface area contributed by atoms with Crippen LogP contribution in [0.15, 0.2) is 66.7 Å². The van der Waals surface area contributed by atoms with Crippen LogP contribution in [-0.4, -0.2) is 53.0 Å². The fraction of sp³-hybridized carbons (Fsp3) is 0.469. The molecule has 40 heavy (non-hydrogen) atoms. The average molecular weight is 544 g/mol. The van der Waals surface area contributed by atoms with Gasteiger partial charge < -0.3 is 25.0 Å². The van der Waals surface area contributed by atoms with E-state index in [0.717, 1.165) is 24.8 Å². The van der Waals surface area contributed by atoms with Crippen molar-refractivity contribution in [2.75, 3.05) is 11.9 Å². The quantitative estimate of drug-likeness (QED) is 0.490. The van der Waals surface area contributed by atoms with E-state index in [2.05, 4.69) is 17.6 Å². The Kier molecular flexibility index (Phi) is 7.13. The molecule has 0 unspecified atom stereocenters. The molecule has 2 bridgehead atoms. The maximum Gasteiger partial charge on any atom is 0.246 e. The number of hydrogen-bond donors (Lipinski definition) is 2. The molecule has 3 aliphatic heterocycles. The van der Waals surface area contributed by atoms with Crippen molar-refractivity contribution < 1.29 is 23.9 Å². The lowest BCUT2D eigenvalue weighted by molar-refractivity contribution is -0.142. The van der Waals surface area contributed by atoms with Crippen molar-refractivity contribution in [3.05, 3.63) is 72.3 Å². The molecule has 3 fully saturated rings. The van der Waals surface area contributed by atoms with Gasteiger partial charge in [0, 0.05) is 18.3 Å². The largest absolute Gasteiger partial charge is 0.494 e. The van der Waals surface area contributed by atoms with Gasteiger partial charge in [-0.3, -0.25) is 14.4 Å². The predicted octanol–water partition coefficient (Wildman–Crippen LogP) is 4.07. The van der Waals surface area contributed by atoms with Gasteiger partial charge in [-0.2, -0.15) is 0 Å². The van der Waals surface area contributed by atoms with E-state index in [9.17, 15) is 14.4 Å². The molecule has 2 saturated heterocycles. The van der Waals surface area contributed by atoms with Gasteiger partial charge in [0.15, 0.2) is 0 Å². The van der Waals surface area contributed by atoms with Crippen LogP contribution in [0.1, 0.15) is 45.1 Å². The monoisotopic (exact) mass is 543 g/mol. The summed E-state index contributed by atoms with van der Waals surface area (Å²) >= 11 is 0. The lowest BCUT2D eigenvalue weighted by atomic mass is 9.74. The SMILES string of the molecule is CCOc1ccc(NC(=O)[C@@H]2[C@@H]3C=C[C@]4(O3)[C@@H]2C(=O)N(Cc2ccccc2)[C@H]4C(=O)N[C@@H]2CCCC[C@H]2C)cc1. The average Bonchev–Trinajstić information content (AvgIpc) is 3.59. The molecule has 2 aromatic rings. The molecule has 0 aromatic heterocycles. The van der Waals surface area contributed by atoms with Crippen molar-refractivity contribution in [2.24, 2.45) is 17.8 Å². The van der Waals surface area contributed by atoms with Gasteiger partial charge in [0.25, 0.3) is 0 Å². The van der Waals surface area contributed by atoms with Crippen molar-refractivity contribution in [3.8, 4) is 5.75 Å². The van der Waals surface area contributed by atoms with Gasteiger partial charge in [-0.1, -0.05) is 62.2 Å². The van der Waals surface area contributed by atoms with E-state index in [1.807, 2.05) is 49.4 Å². The smallest absolute Gasteiger partial charge is 0.246 e. The molecule has 2 aromatic carbocycles. The van der Waals surface area contributed by atoms with Crippen LogP contribution < -0.4 is 15.4 Å². The van der Waals surface area contributed by atoms with Crippen LogP contribution in [0.5, 0.6) is 5.75 Å². The van der Waals surface area contributed by atoms with E-state index in [1.165, 1.54) is 6.42 Å².